The number of methoxy groups -OCH3 is 1. The molecule has 2 amide bonds. The van der Waals surface area contributed by atoms with Crippen molar-refractivity contribution >= 4 is 57.5 Å². The fraction of sp³-hybridized carbons (Fsp3) is 0.429. The summed E-state index contributed by atoms with van der Waals surface area (Å²) in [5.74, 6) is -1.93. The Labute approximate surface area is 231 Å². The van der Waals surface area contributed by atoms with Gasteiger partial charge in [0, 0.05) is 27.6 Å². The summed E-state index contributed by atoms with van der Waals surface area (Å²) in [6.45, 7) is 8.61. The zero-order valence-electron chi connectivity index (χ0n) is 22.3. The van der Waals surface area contributed by atoms with Gasteiger partial charge in [0.2, 0.25) is 11.8 Å². The number of rotatable bonds is 9. The third-order valence-electron chi connectivity index (χ3n) is 6.54. The van der Waals surface area contributed by atoms with Crippen LogP contribution in [0.4, 0.5) is 10.7 Å². The predicted molar refractivity (Wildman–Crippen MR) is 151 cm³/mol. The molecule has 0 bridgehead atoms. The quantitative estimate of drug-likeness (QED) is 0.203. The molecule has 1 heterocycles. The molecule has 3 N–H and O–H groups in total. The highest BCUT2D eigenvalue weighted by Crippen LogP contribution is 2.44. The number of thiophene rings is 1. The molecule has 1 aromatic heterocycles. The lowest BCUT2D eigenvalue weighted by Crippen LogP contribution is -2.27. The third kappa shape index (κ3) is 7.48. The second kappa shape index (κ2) is 12.6. The van der Waals surface area contributed by atoms with E-state index in [0.717, 1.165) is 46.8 Å². The van der Waals surface area contributed by atoms with Gasteiger partial charge in [0.25, 0.3) is 0 Å². The monoisotopic (exact) mass is 558 g/mol. The number of hydrogen-bond acceptors (Lipinski definition) is 7. The fourth-order valence-electron chi connectivity index (χ4n) is 4.39. The third-order valence-corrected chi connectivity index (χ3v) is 9.06. The number of ether oxygens (including phenoxy) is 1. The smallest absolute Gasteiger partial charge is 0.341 e. The number of esters is 1. The van der Waals surface area contributed by atoms with Gasteiger partial charge in [0.15, 0.2) is 0 Å². The summed E-state index contributed by atoms with van der Waals surface area (Å²) in [4.78, 5) is 50.5. The summed E-state index contributed by atoms with van der Waals surface area (Å²) in [6, 6.07) is 6.99. The number of amides is 2. The molecule has 2 aromatic rings. The molecule has 204 valence electrons. The Bertz CT molecular complexity index is 1240. The number of hydrogen-bond donors (Lipinski definition) is 3. The van der Waals surface area contributed by atoms with Crippen LogP contribution in [0.25, 0.3) is 0 Å². The lowest BCUT2D eigenvalue weighted by Gasteiger charge is -2.33. The molecule has 0 spiro atoms. The fourth-order valence-corrected chi connectivity index (χ4v) is 6.72. The highest BCUT2D eigenvalue weighted by Gasteiger charge is 2.34. The van der Waals surface area contributed by atoms with Crippen LogP contribution in [0.1, 0.15) is 61.3 Å². The molecule has 38 heavy (non-hydrogen) atoms. The first-order chi connectivity index (χ1) is 17.9. The maximum atomic E-state index is 13.3. The van der Waals surface area contributed by atoms with Crippen LogP contribution in [0.15, 0.2) is 41.3 Å². The van der Waals surface area contributed by atoms with E-state index in [1.54, 1.807) is 18.2 Å². The van der Waals surface area contributed by atoms with Gasteiger partial charge in [0.05, 0.1) is 17.9 Å². The summed E-state index contributed by atoms with van der Waals surface area (Å²) in [5, 5.41) is 14.4. The standard InChI is InChI=1S/C28H34N2O6S2/c1-6-20(37-18-9-7-8-17(15-18)29-22(31)12-13-23(32)33)25(34)30-26-24(27(35)36-5)19-11-10-16(28(2,3)4)14-21(19)38-26/h7-9,12-13,15-16,20H,6,10-11,14H2,1-5H3,(H,29,31)(H,30,34)(H,32,33)/b13-12+. The molecule has 1 aliphatic carbocycles. The van der Waals surface area contributed by atoms with E-state index in [-0.39, 0.29) is 11.3 Å². The van der Waals surface area contributed by atoms with Crippen LogP contribution in [0.5, 0.6) is 0 Å². The molecule has 0 saturated carbocycles. The number of nitrogens with one attached hydrogen (secondary N) is 2. The van der Waals surface area contributed by atoms with Crippen molar-refractivity contribution in [2.45, 2.75) is 63.5 Å². The molecule has 0 aliphatic heterocycles. The van der Waals surface area contributed by atoms with Crippen molar-refractivity contribution in [1.82, 2.24) is 0 Å². The van der Waals surface area contributed by atoms with Crippen molar-refractivity contribution < 1.29 is 29.0 Å². The SMILES string of the molecule is CCC(Sc1cccc(NC(=O)/C=C/C(=O)O)c1)C(=O)Nc1sc2c(c1C(=O)OC)CCC(C(C)(C)C)C2. The van der Waals surface area contributed by atoms with Crippen LogP contribution < -0.4 is 10.6 Å². The molecule has 10 heteroatoms. The molecular formula is C28H34N2O6S2. The number of carboxylic acid groups (broad SMARTS) is 1. The first-order valence-electron chi connectivity index (χ1n) is 12.4. The second-order valence-corrected chi connectivity index (χ2v) is 12.6. The molecule has 1 aromatic carbocycles. The van der Waals surface area contributed by atoms with Gasteiger partial charge in [-0.15, -0.1) is 23.1 Å². The van der Waals surface area contributed by atoms with Gasteiger partial charge in [0.1, 0.15) is 5.00 Å². The van der Waals surface area contributed by atoms with Crippen molar-refractivity contribution in [2.75, 3.05) is 17.7 Å². The van der Waals surface area contributed by atoms with Crippen LogP contribution in [0.3, 0.4) is 0 Å². The Kier molecular flexibility index (Phi) is 9.78. The van der Waals surface area contributed by atoms with E-state index >= 15 is 0 Å². The largest absolute Gasteiger partial charge is 0.478 e. The van der Waals surface area contributed by atoms with E-state index in [2.05, 4.69) is 31.4 Å². The number of fused-ring (bicyclic) bond motifs is 1. The van der Waals surface area contributed by atoms with Crippen LogP contribution in [-0.4, -0.2) is 41.2 Å². The van der Waals surface area contributed by atoms with E-state index in [1.807, 2.05) is 13.0 Å². The lowest BCUT2D eigenvalue weighted by atomic mass is 9.72. The van der Waals surface area contributed by atoms with E-state index < -0.39 is 23.1 Å². The molecule has 1 aliphatic rings. The topological polar surface area (TPSA) is 122 Å². The van der Waals surface area contributed by atoms with Gasteiger partial charge in [-0.2, -0.15) is 0 Å². The number of thioether (sulfide) groups is 1. The highest BCUT2D eigenvalue weighted by molar-refractivity contribution is 8.00. The Hall–Kier alpha value is -3.11. The van der Waals surface area contributed by atoms with Gasteiger partial charge in [-0.05, 0) is 60.8 Å². The zero-order chi connectivity index (χ0) is 28.0. The van der Waals surface area contributed by atoms with Gasteiger partial charge in [-0.3, -0.25) is 9.59 Å². The van der Waals surface area contributed by atoms with Crippen molar-refractivity contribution in [3.8, 4) is 0 Å². The summed E-state index contributed by atoms with van der Waals surface area (Å²) in [7, 11) is 1.35. The first-order valence-corrected chi connectivity index (χ1v) is 14.1. The number of aliphatic carboxylic acids is 1. The minimum atomic E-state index is -1.21. The molecule has 0 saturated heterocycles. The van der Waals surface area contributed by atoms with Crippen molar-refractivity contribution in [1.29, 1.82) is 0 Å². The van der Waals surface area contributed by atoms with E-state index in [4.69, 9.17) is 9.84 Å². The summed E-state index contributed by atoms with van der Waals surface area (Å²) < 4.78 is 5.07. The summed E-state index contributed by atoms with van der Waals surface area (Å²) in [6.07, 6.45) is 4.87. The maximum absolute atomic E-state index is 13.3. The average Bonchev–Trinajstić information content (AvgIpc) is 3.22. The number of carbonyl (C=O) groups is 4. The minimum Gasteiger partial charge on any atom is -0.478 e. The lowest BCUT2D eigenvalue weighted by molar-refractivity contribution is -0.131. The zero-order valence-corrected chi connectivity index (χ0v) is 23.9. The number of carboxylic acids is 1. The Morgan fingerprint density at radius 2 is 1.95 bits per heavy atom. The van der Waals surface area contributed by atoms with Gasteiger partial charge < -0.3 is 20.5 Å². The normalized spacial score (nSPS) is 16.0. The Balaban J connectivity index is 1.77. The minimum absolute atomic E-state index is 0.154. The molecule has 8 nitrogen and oxygen atoms in total. The molecule has 0 fully saturated rings. The maximum Gasteiger partial charge on any atom is 0.341 e. The number of carbonyl (C=O) groups excluding carboxylic acids is 3. The van der Waals surface area contributed by atoms with Gasteiger partial charge >= 0.3 is 11.9 Å². The average molecular weight is 559 g/mol. The molecule has 3 rings (SSSR count). The highest BCUT2D eigenvalue weighted by atomic mass is 32.2. The van der Waals surface area contributed by atoms with Crippen LogP contribution in [0.2, 0.25) is 0 Å². The molecule has 2 atom stereocenters. The van der Waals surface area contributed by atoms with E-state index in [9.17, 15) is 19.2 Å². The first kappa shape index (κ1) is 29.4. The molecule has 0 radical (unpaired) electrons. The van der Waals surface area contributed by atoms with Crippen molar-refractivity contribution in [3.63, 3.8) is 0 Å². The van der Waals surface area contributed by atoms with Crippen molar-refractivity contribution in [2.24, 2.45) is 11.3 Å². The second-order valence-electron chi connectivity index (χ2n) is 10.2. The van der Waals surface area contributed by atoms with E-state index in [0.29, 0.717) is 28.6 Å². The Morgan fingerprint density at radius 3 is 2.58 bits per heavy atom. The number of benzene rings is 1. The van der Waals surface area contributed by atoms with Crippen LogP contribution >= 0.6 is 23.1 Å². The predicted octanol–water partition coefficient (Wildman–Crippen LogP) is 5.77. The van der Waals surface area contributed by atoms with Crippen LogP contribution in [-0.2, 0) is 32.0 Å². The van der Waals surface area contributed by atoms with Gasteiger partial charge in [-0.1, -0.05) is 33.8 Å². The van der Waals surface area contributed by atoms with Crippen LogP contribution in [0, 0.1) is 11.3 Å². The Morgan fingerprint density at radius 1 is 1.21 bits per heavy atom. The number of anilines is 2. The van der Waals surface area contributed by atoms with Crippen molar-refractivity contribution in [3.05, 3.63) is 52.4 Å². The molecular weight excluding hydrogens is 524 g/mol. The summed E-state index contributed by atoms with van der Waals surface area (Å²) >= 11 is 2.81. The molecule has 2 unspecified atom stereocenters. The van der Waals surface area contributed by atoms with Gasteiger partial charge in [-0.25, -0.2) is 9.59 Å². The van der Waals surface area contributed by atoms with E-state index in [1.165, 1.54) is 30.2 Å². The summed E-state index contributed by atoms with van der Waals surface area (Å²) in [5.41, 5.74) is 2.09.